The molecule has 7 heteroatoms. The van der Waals surface area contributed by atoms with E-state index < -0.39 is 21.7 Å². The Labute approximate surface area is 111 Å². The van der Waals surface area contributed by atoms with Crippen molar-refractivity contribution in [2.45, 2.75) is 23.8 Å². The Kier molecular flexibility index (Phi) is 4.17. The Balaban J connectivity index is 2.28. The van der Waals surface area contributed by atoms with E-state index in [0.29, 0.717) is 13.1 Å². The number of nitrogens with one attached hydrogen (secondary N) is 1. The molecule has 1 heterocycles. The lowest BCUT2D eigenvalue weighted by atomic mass is 10.1. The molecule has 0 bridgehead atoms. The van der Waals surface area contributed by atoms with Gasteiger partial charge in [-0.2, -0.15) is 4.31 Å². The molecule has 0 aromatic heterocycles. The smallest absolute Gasteiger partial charge is 0.243 e. The van der Waals surface area contributed by atoms with Gasteiger partial charge in [-0.3, -0.25) is 0 Å². The summed E-state index contributed by atoms with van der Waals surface area (Å²) in [5.41, 5.74) is 0. The van der Waals surface area contributed by atoms with Crippen molar-refractivity contribution in [2.24, 2.45) is 0 Å². The van der Waals surface area contributed by atoms with Crippen LogP contribution in [0.15, 0.2) is 23.1 Å². The fourth-order valence-electron chi connectivity index (χ4n) is 2.18. The van der Waals surface area contributed by atoms with Crippen molar-refractivity contribution in [1.29, 1.82) is 0 Å². The van der Waals surface area contributed by atoms with Crippen molar-refractivity contribution in [3.63, 3.8) is 0 Å². The maximum absolute atomic E-state index is 13.1. The van der Waals surface area contributed by atoms with E-state index in [1.54, 1.807) is 7.05 Å². The van der Waals surface area contributed by atoms with Crippen LogP contribution in [0.3, 0.4) is 0 Å². The maximum atomic E-state index is 13.1. The number of sulfonamides is 1. The van der Waals surface area contributed by atoms with Crippen LogP contribution < -0.4 is 5.32 Å². The molecule has 1 saturated heterocycles. The Morgan fingerprint density at radius 2 is 2.05 bits per heavy atom. The number of piperidine rings is 1. The van der Waals surface area contributed by atoms with Gasteiger partial charge in [0.2, 0.25) is 10.0 Å². The Morgan fingerprint density at radius 3 is 2.68 bits per heavy atom. The lowest BCUT2D eigenvalue weighted by Gasteiger charge is -2.31. The average Bonchev–Trinajstić information content (AvgIpc) is 2.41. The number of hydrogen-bond acceptors (Lipinski definition) is 3. The Hall–Kier alpha value is -1.05. The van der Waals surface area contributed by atoms with Crippen molar-refractivity contribution in [3.05, 3.63) is 29.8 Å². The molecule has 4 nitrogen and oxygen atoms in total. The minimum atomic E-state index is -3.76. The summed E-state index contributed by atoms with van der Waals surface area (Å²) in [6.07, 6.45) is 1.65. The molecule has 1 atom stereocenters. The highest BCUT2D eigenvalue weighted by Gasteiger charge is 2.30. The molecule has 1 N–H and O–H groups in total. The SMILES string of the molecule is CN[C@H]1CCCN(S(=O)(=O)c2ccc(F)c(F)c2)C1. The zero-order valence-electron chi connectivity index (χ0n) is 10.6. The standard InChI is InChI=1S/C12H16F2N2O2S/c1-15-9-3-2-6-16(8-9)19(17,18)10-4-5-11(13)12(14)7-10/h4-5,7,9,15H,2-3,6,8H2,1H3/t9-/m0/s1. The van der Waals surface area contributed by atoms with Crippen LogP contribution in [0.2, 0.25) is 0 Å². The van der Waals surface area contributed by atoms with Crippen molar-refractivity contribution in [2.75, 3.05) is 20.1 Å². The van der Waals surface area contributed by atoms with E-state index in [4.69, 9.17) is 0 Å². The third kappa shape index (κ3) is 2.93. The predicted molar refractivity (Wildman–Crippen MR) is 67.2 cm³/mol. The number of halogens is 2. The van der Waals surface area contributed by atoms with Crippen molar-refractivity contribution in [3.8, 4) is 0 Å². The van der Waals surface area contributed by atoms with Crippen LogP contribution in [0.5, 0.6) is 0 Å². The first-order valence-corrected chi connectivity index (χ1v) is 7.51. The van der Waals surface area contributed by atoms with Crippen LogP contribution in [0.25, 0.3) is 0 Å². The van der Waals surface area contributed by atoms with Gasteiger partial charge in [0.15, 0.2) is 11.6 Å². The van der Waals surface area contributed by atoms with E-state index in [2.05, 4.69) is 5.32 Å². The van der Waals surface area contributed by atoms with Gasteiger partial charge in [0, 0.05) is 19.1 Å². The lowest BCUT2D eigenvalue weighted by Crippen LogP contribution is -2.46. The predicted octanol–water partition coefficient (Wildman–Crippen LogP) is 1.34. The molecule has 0 aliphatic carbocycles. The molecule has 1 fully saturated rings. The molecule has 19 heavy (non-hydrogen) atoms. The molecule has 2 rings (SSSR count). The van der Waals surface area contributed by atoms with Crippen molar-refractivity contribution >= 4 is 10.0 Å². The van der Waals surface area contributed by atoms with Crippen LogP contribution in [0.4, 0.5) is 8.78 Å². The molecule has 1 aliphatic rings. The highest BCUT2D eigenvalue weighted by Crippen LogP contribution is 2.22. The Bertz CT molecular complexity index is 563. The van der Waals surface area contributed by atoms with Gasteiger partial charge in [-0.1, -0.05) is 0 Å². The van der Waals surface area contributed by atoms with Crippen LogP contribution in [0.1, 0.15) is 12.8 Å². The summed E-state index contributed by atoms with van der Waals surface area (Å²) in [5, 5.41) is 3.04. The molecule has 0 saturated carbocycles. The minimum absolute atomic E-state index is 0.0915. The second-order valence-electron chi connectivity index (χ2n) is 4.57. The molecular formula is C12H16F2N2O2S. The average molecular weight is 290 g/mol. The van der Waals surface area contributed by atoms with Gasteiger partial charge in [0.1, 0.15) is 0 Å². The largest absolute Gasteiger partial charge is 0.316 e. The first-order valence-electron chi connectivity index (χ1n) is 6.07. The molecule has 0 radical (unpaired) electrons. The van der Waals surface area contributed by atoms with Crippen LogP contribution in [-0.2, 0) is 10.0 Å². The molecule has 0 unspecified atom stereocenters. The molecule has 0 amide bonds. The van der Waals surface area contributed by atoms with Gasteiger partial charge in [0.05, 0.1) is 4.90 Å². The maximum Gasteiger partial charge on any atom is 0.243 e. The zero-order chi connectivity index (χ0) is 14.0. The topological polar surface area (TPSA) is 49.4 Å². The van der Waals surface area contributed by atoms with E-state index in [-0.39, 0.29) is 10.9 Å². The van der Waals surface area contributed by atoms with E-state index >= 15 is 0 Å². The van der Waals surface area contributed by atoms with E-state index in [0.717, 1.165) is 31.0 Å². The molecule has 0 spiro atoms. The monoisotopic (exact) mass is 290 g/mol. The van der Waals surface area contributed by atoms with Crippen LogP contribution in [-0.4, -0.2) is 38.9 Å². The van der Waals surface area contributed by atoms with E-state index in [1.165, 1.54) is 4.31 Å². The first-order chi connectivity index (χ1) is 8.95. The van der Waals surface area contributed by atoms with Crippen LogP contribution >= 0.6 is 0 Å². The number of hydrogen-bond donors (Lipinski definition) is 1. The third-order valence-corrected chi connectivity index (χ3v) is 5.18. The van der Waals surface area contributed by atoms with Gasteiger partial charge in [-0.15, -0.1) is 0 Å². The van der Waals surface area contributed by atoms with Gasteiger partial charge in [-0.25, -0.2) is 17.2 Å². The summed E-state index contributed by atoms with van der Waals surface area (Å²) in [7, 11) is -1.98. The summed E-state index contributed by atoms with van der Waals surface area (Å²) >= 11 is 0. The highest BCUT2D eigenvalue weighted by atomic mass is 32.2. The molecule has 1 aliphatic heterocycles. The Morgan fingerprint density at radius 1 is 1.32 bits per heavy atom. The number of rotatable bonds is 3. The van der Waals surface area contributed by atoms with Gasteiger partial charge < -0.3 is 5.32 Å². The summed E-state index contributed by atoms with van der Waals surface area (Å²) in [6.45, 7) is 0.747. The van der Waals surface area contributed by atoms with Crippen LogP contribution in [0, 0.1) is 11.6 Å². The first kappa shape index (κ1) is 14.4. The number of nitrogens with zero attached hydrogens (tertiary/aromatic N) is 1. The normalized spacial score (nSPS) is 21.5. The van der Waals surface area contributed by atoms with Gasteiger partial charge >= 0.3 is 0 Å². The second kappa shape index (κ2) is 5.52. The minimum Gasteiger partial charge on any atom is -0.316 e. The second-order valence-corrected chi connectivity index (χ2v) is 6.50. The fraction of sp³-hybridized carbons (Fsp3) is 0.500. The zero-order valence-corrected chi connectivity index (χ0v) is 11.4. The molecule has 106 valence electrons. The summed E-state index contributed by atoms with van der Waals surface area (Å²) in [5.74, 6) is -2.20. The summed E-state index contributed by atoms with van der Waals surface area (Å²) in [4.78, 5) is -0.205. The molecule has 1 aromatic rings. The summed E-state index contributed by atoms with van der Waals surface area (Å²) in [6, 6.07) is 2.75. The summed E-state index contributed by atoms with van der Waals surface area (Å²) < 4.78 is 52.0. The van der Waals surface area contributed by atoms with E-state index in [1.807, 2.05) is 0 Å². The van der Waals surface area contributed by atoms with Gasteiger partial charge in [-0.05, 0) is 38.1 Å². The quantitative estimate of drug-likeness (QED) is 0.914. The van der Waals surface area contributed by atoms with Gasteiger partial charge in [0.25, 0.3) is 0 Å². The third-order valence-electron chi connectivity index (χ3n) is 3.32. The number of benzene rings is 1. The lowest BCUT2D eigenvalue weighted by molar-refractivity contribution is 0.292. The fourth-order valence-corrected chi connectivity index (χ4v) is 3.72. The van der Waals surface area contributed by atoms with Crippen molar-refractivity contribution < 1.29 is 17.2 Å². The van der Waals surface area contributed by atoms with E-state index in [9.17, 15) is 17.2 Å². The number of likely N-dealkylation sites (N-methyl/N-ethyl adjacent to an activating group) is 1. The highest BCUT2D eigenvalue weighted by molar-refractivity contribution is 7.89. The van der Waals surface area contributed by atoms with Crippen molar-refractivity contribution in [1.82, 2.24) is 9.62 Å². The molecule has 1 aromatic carbocycles. The molecular weight excluding hydrogens is 274 g/mol.